The third-order valence-corrected chi connectivity index (χ3v) is 5.39. The fourth-order valence-corrected chi connectivity index (χ4v) is 3.76. The number of piperazine rings is 1. The van der Waals surface area contributed by atoms with Crippen LogP contribution in [0.4, 0.5) is 5.69 Å². The van der Waals surface area contributed by atoms with E-state index in [1.54, 1.807) is 4.31 Å². The van der Waals surface area contributed by atoms with E-state index in [1.165, 1.54) is 23.1 Å². The molecule has 6 heteroatoms. The summed E-state index contributed by atoms with van der Waals surface area (Å²) in [6, 6.07) is 6.60. The molecule has 0 unspecified atom stereocenters. The summed E-state index contributed by atoms with van der Waals surface area (Å²) in [6.45, 7) is 4.76. The van der Waals surface area contributed by atoms with Gasteiger partial charge in [0.1, 0.15) is 0 Å². The van der Waals surface area contributed by atoms with Crippen LogP contribution in [0.2, 0.25) is 0 Å². The Morgan fingerprint density at radius 1 is 1.20 bits per heavy atom. The summed E-state index contributed by atoms with van der Waals surface area (Å²) in [5.74, 6) is 0. The molecular formula is C14H21N3O2S. The number of fused-ring (bicyclic) bond motifs is 1. The quantitative estimate of drug-likeness (QED) is 0.893. The van der Waals surface area contributed by atoms with Gasteiger partial charge in [0.15, 0.2) is 0 Å². The highest BCUT2D eigenvalue weighted by molar-refractivity contribution is 7.88. The summed E-state index contributed by atoms with van der Waals surface area (Å²) in [6.07, 6.45) is 2.39. The number of benzene rings is 1. The van der Waals surface area contributed by atoms with Crippen LogP contribution < -0.4 is 5.32 Å². The molecule has 0 aliphatic carbocycles. The molecule has 1 aromatic rings. The van der Waals surface area contributed by atoms with E-state index in [4.69, 9.17) is 0 Å². The molecule has 0 radical (unpaired) electrons. The third-order valence-electron chi connectivity index (χ3n) is 4.09. The van der Waals surface area contributed by atoms with Crippen LogP contribution in [-0.4, -0.2) is 56.6 Å². The molecule has 3 rings (SSSR count). The molecule has 5 nitrogen and oxygen atoms in total. The SMILES string of the molecule is CS(=O)(=O)N1CCN(Cc2ccc3c(c2)CCN3)CC1. The first-order chi connectivity index (χ1) is 9.52. The lowest BCUT2D eigenvalue weighted by molar-refractivity contribution is 0.182. The zero-order valence-corrected chi connectivity index (χ0v) is 12.6. The first-order valence-corrected chi connectivity index (χ1v) is 8.90. The molecule has 2 heterocycles. The van der Waals surface area contributed by atoms with Gasteiger partial charge in [0.05, 0.1) is 6.26 Å². The van der Waals surface area contributed by atoms with Gasteiger partial charge in [-0.3, -0.25) is 4.90 Å². The number of anilines is 1. The monoisotopic (exact) mass is 295 g/mol. The largest absolute Gasteiger partial charge is 0.384 e. The van der Waals surface area contributed by atoms with E-state index in [2.05, 4.69) is 28.4 Å². The van der Waals surface area contributed by atoms with E-state index in [-0.39, 0.29) is 0 Å². The highest BCUT2D eigenvalue weighted by Crippen LogP contribution is 2.23. The van der Waals surface area contributed by atoms with Gasteiger partial charge in [-0.25, -0.2) is 8.42 Å². The molecule has 0 amide bonds. The first kappa shape index (κ1) is 13.9. The number of sulfonamides is 1. The number of hydrogen-bond donors (Lipinski definition) is 1. The minimum Gasteiger partial charge on any atom is -0.384 e. The molecule has 2 aliphatic rings. The van der Waals surface area contributed by atoms with Gasteiger partial charge in [-0.05, 0) is 23.6 Å². The van der Waals surface area contributed by atoms with Gasteiger partial charge in [0, 0.05) is 45.0 Å². The zero-order chi connectivity index (χ0) is 14.2. The van der Waals surface area contributed by atoms with Crippen molar-refractivity contribution in [1.29, 1.82) is 0 Å². The van der Waals surface area contributed by atoms with Crippen molar-refractivity contribution in [3.05, 3.63) is 29.3 Å². The van der Waals surface area contributed by atoms with E-state index in [1.807, 2.05) is 0 Å². The van der Waals surface area contributed by atoms with Gasteiger partial charge >= 0.3 is 0 Å². The predicted octanol–water partition coefficient (Wildman–Crippen LogP) is 0.732. The van der Waals surface area contributed by atoms with Crippen molar-refractivity contribution >= 4 is 15.7 Å². The van der Waals surface area contributed by atoms with E-state index in [0.29, 0.717) is 13.1 Å². The molecule has 0 bridgehead atoms. The zero-order valence-electron chi connectivity index (χ0n) is 11.8. The summed E-state index contributed by atoms with van der Waals surface area (Å²) in [7, 11) is -3.03. The smallest absolute Gasteiger partial charge is 0.211 e. The van der Waals surface area contributed by atoms with Crippen molar-refractivity contribution in [2.75, 3.05) is 44.3 Å². The molecule has 1 saturated heterocycles. The highest BCUT2D eigenvalue weighted by atomic mass is 32.2. The van der Waals surface area contributed by atoms with E-state index < -0.39 is 10.0 Å². The Kier molecular flexibility index (Phi) is 3.70. The van der Waals surface area contributed by atoms with E-state index >= 15 is 0 Å². The Morgan fingerprint density at radius 2 is 1.95 bits per heavy atom. The maximum Gasteiger partial charge on any atom is 0.211 e. The lowest BCUT2D eigenvalue weighted by atomic mass is 10.1. The second kappa shape index (κ2) is 5.35. The van der Waals surface area contributed by atoms with Crippen LogP contribution >= 0.6 is 0 Å². The molecular weight excluding hydrogens is 274 g/mol. The molecule has 20 heavy (non-hydrogen) atoms. The van der Waals surface area contributed by atoms with Gasteiger partial charge in [-0.2, -0.15) is 4.31 Å². The number of nitrogens with one attached hydrogen (secondary N) is 1. The van der Waals surface area contributed by atoms with Crippen LogP contribution in [-0.2, 0) is 23.0 Å². The van der Waals surface area contributed by atoms with Crippen LogP contribution in [0, 0.1) is 0 Å². The topological polar surface area (TPSA) is 52.7 Å². The first-order valence-electron chi connectivity index (χ1n) is 7.05. The van der Waals surface area contributed by atoms with Crippen LogP contribution in [0.25, 0.3) is 0 Å². The number of rotatable bonds is 3. The lowest BCUT2D eigenvalue weighted by Crippen LogP contribution is -2.47. The molecule has 1 aromatic carbocycles. The normalized spacial score (nSPS) is 20.6. The second-order valence-electron chi connectivity index (χ2n) is 5.61. The van der Waals surface area contributed by atoms with Crippen molar-refractivity contribution in [2.24, 2.45) is 0 Å². The number of hydrogen-bond acceptors (Lipinski definition) is 4. The maximum absolute atomic E-state index is 11.5. The molecule has 0 aromatic heterocycles. The van der Waals surface area contributed by atoms with Crippen LogP contribution in [0.3, 0.4) is 0 Å². The van der Waals surface area contributed by atoms with Crippen LogP contribution in [0.1, 0.15) is 11.1 Å². The summed E-state index contributed by atoms with van der Waals surface area (Å²) < 4.78 is 24.5. The summed E-state index contributed by atoms with van der Waals surface area (Å²) in [5, 5.41) is 3.37. The van der Waals surface area contributed by atoms with Crippen molar-refractivity contribution in [3.63, 3.8) is 0 Å². The van der Waals surface area contributed by atoms with Gasteiger partial charge < -0.3 is 5.32 Å². The Morgan fingerprint density at radius 3 is 2.65 bits per heavy atom. The minimum absolute atomic E-state index is 0.603. The summed E-state index contributed by atoms with van der Waals surface area (Å²) in [5.41, 5.74) is 3.98. The van der Waals surface area contributed by atoms with Gasteiger partial charge in [0.25, 0.3) is 0 Å². The van der Waals surface area contributed by atoms with Crippen LogP contribution in [0.5, 0.6) is 0 Å². The maximum atomic E-state index is 11.5. The molecule has 2 aliphatic heterocycles. The standard InChI is InChI=1S/C14H21N3O2S/c1-20(18,19)17-8-6-16(7-9-17)11-12-2-3-14-13(10-12)4-5-15-14/h2-3,10,15H,4-9,11H2,1H3. The Bertz CT molecular complexity index is 592. The Hall–Kier alpha value is -1.11. The molecule has 110 valence electrons. The van der Waals surface area contributed by atoms with Crippen molar-refractivity contribution in [2.45, 2.75) is 13.0 Å². The number of nitrogens with zero attached hydrogens (tertiary/aromatic N) is 2. The highest BCUT2D eigenvalue weighted by Gasteiger charge is 2.23. The fourth-order valence-electron chi connectivity index (χ4n) is 2.93. The minimum atomic E-state index is -3.03. The van der Waals surface area contributed by atoms with Crippen molar-refractivity contribution in [3.8, 4) is 0 Å². The third kappa shape index (κ3) is 2.97. The van der Waals surface area contributed by atoms with Gasteiger partial charge in [0.2, 0.25) is 10.0 Å². The molecule has 0 spiro atoms. The molecule has 1 N–H and O–H groups in total. The summed E-state index contributed by atoms with van der Waals surface area (Å²) >= 11 is 0. The predicted molar refractivity (Wildman–Crippen MR) is 80.3 cm³/mol. The average molecular weight is 295 g/mol. The molecule has 0 saturated carbocycles. The van der Waals surface area contributed by atoms with E-state index in [0.717, 1.165) is 32.6 Å². The Balaban J connectivity index is 1.60. The fraction of sp³-hybridized carbons (Fsp3) is 0.571. The van der Waals surface area contributed by atoms with E-state index in [9.17, 15) is 8.42 Å². The van der Waals surface area contributed by atoms with Crippen molar-refractivity contribution < 1.29 is 8.42 Å². The van der Waals surface area contributed by atoms with Gasteiger partial charge in [-0.15, -0.1) is 0 Å². The Labute approximate surface area is 120 Å². The average Bonchev–Trinajstić information content (AvgIpc) is 2.86. The lowest BCUT2D eigenvalue weighted by Gasteiger charge is -2.33. The van der Waals surface area contributed by atoms with Crippen LogP contribution in [0.15, 0.2) is 18.2 Å². The molecule has 1 fully saturated rings. The molecule has 0 atom stereocenters. The van der Waals surface area contributed by atoms with Crippen molar-refractivity contribution in [1.82, 2.24) is 9.21 Å². The van der Waals surface area contributed by atoms with Gasteiger partial charge in [-0.1, -0.05) is 12.1 Å². The summed E-state index contributed by atoms with van der Waals surface area (Å²) in [4.78, 5) is 2.33. The second-order valence-corrected chi connectivity index (χ2v) is 7.59.